The lowest BCUT2D eigenvalue weighted by Crippen LogP contribution is -2.09. The first kappa shape index (κ1) is 9.14. The lowest BCUT2D eigenvalue weighted by molar-refractivity contribution is 0.151. The van der Waals surface area contributed by atoms with Gasteiger partial charge in [0, 0.05) is 4.91 Å². The molecule has 0 saturated carbocycles. The van der Waals surface area contributed by atoms with Crippen molar-refractivity contribution in [3.63, 3.8) is 0 Å². The van der Waals surface area contributed by atoms with Gasteiger partial charge in [-0.3, -0.25) is 0 Å². The van der Waals surface area contributed by atoms with E-state index in [4.69, 9.17) is 4.74 Å². The number of rotatable bonds is 3. The van der Waals surface area contributed by atoms with Crippen molar-refractivity contribution in [2.45, 2.75) is 26.7 Å². The molecule has 0 bridgehead atoms. The zero-order chi connectivity index (χ0) is 8.10. The maximum atomic E-state index is 5.39. The molecule has 11 heavy (non-hydrogen) atoms. The summed E-state index contributed by atoms with van der Waals surface area (Å²) in [6.45, 7) is 6.22. The van der Waals surface area contributed by atoms with Gasteiger partial charge in [-0.1, -0.05) is 19.4 Å². The van der Waals surface area contributed by atoms with Crippen LogP contribution < -0.4 is 0 Å². The van der Waals surface area contributed by atoms with Crippen LogP contribution in [0.2, 0.25) is 0 Å². The van der Waals surface area contributed by atoms with Gasteiger partial charge in [0.15, 0.2) is 0 Å². The van der Waals surface area contributed by atoms with Gasteiger partial charge in [0.1, 0.15) is 0 Å². The van der Waals surface area contributed by atoms with E-state index in [9.17, 15) is 0 Å². The molecule has 0 saturated heterocycles. The summed E-state index contributed by atoms with van der Waals surface area (Å²) in [6.07, 6.45) is 2.35. The van der Waals surface area contributed by atoms with Gasteiger partial charge in [-0.25, -0.2) is 0 Å². The monoisotopic (exact) mass is 172 g/mol. The summed E-state index contributed by atoms with van der Waals surface area (Å²) in [5, 5.41) is 0. The largest absolute Gasteiger partial charge is 0.376 e. The number of hydrogen-bond acceptors (Lipinski definition) is 2. The summed E-state index contributed by atoms with van der Waals surface area (Å²) in [7, 11) is 0. The van der Waals surface area contributed by atoms with E-state index in [-0.39, 0.29) is 0 Å². The van der Waals surface area contributed by atoms with E-state index in [1.807, 2.05) is 11.8 Å². The summed E-state index contributed by atoms with van der Waals surface area (Å²) in [4.78, 5) is 1.49. The summed E-state index contributed by atoms with van der Waals surface area (Å²) < 4.78 is 5.39. The molecule has 0 aromatic heterocycles. The van der Waals surface area contributed by atoms with Crippen molar-refractivity contribution in [2.75, 3.05) is 19.0 Å². The molecule has 0 N–H and O–H groups in total. The van der Waals surface area contributed by atoms with Crippen LogP contribution in [0.1, 0.15) is 26.7 Å². The van der Waals surface area contributed by atoms with Gasteiger partial charge in [0.2, 0.25) is 0 Å². The molecule has 2 heteroatoms. The van der Waals surface area contributed by atoms with Crippen molar-refractivity contribution in [1.29, 1.82) is 0 Å². The van der Waals surface area contributed by atoms with Crippen LogP contribution in [0, 0.1) is 0 Å². The van der Waals surface area contributed by atoms with Gasteiger partial charge in [-0.05, 0) is 18.6 Å². The zero-order valence-corrected chi connectivity index (χ0v) is 8.17. The smallest absolute Gasteiger partial charge is 0.0775 e. The van der Waals surface area contributed by atoms with E-state index in [1.54, 1.807) is 5.57 Å². The normalized spacial score (nSPS) is 19.1. The van der Waals surface area contributed by atoms with Crippen LogP contribution in [0.15, 0.2) is 10.5 Å². The zero-order valence-electron chi connectivity index (χ0n) is 7.35. The van der Waals surface area contributed by atoms with Gasteiger partial charge < -0.3 is 4.74 Å². The Morgan fingerprint density at radius 3 is 2.91 bits per heavy atom. The van der Waals surface area contributed by atoms with E-state index in [0.717, 1.165) is 19.6 Å². The van der Waals surface area contributed by atoms with Crippen LogP contribution in [0.5, 0.6) is 0 Å². The molecule has 0 unspecified atom stereocenters. The fraction of sp³-hybridized carbons (Fsp3) is 0.778. The van der Waals surface area contributed by atoms with Crippen LogP contribution in [-0.4, -0.2) is 19.0 Å². The fourth-order valence-electron chi connectivity index (χ4n) is 1.29. The van der Waals surface area contributed by atoms with Crippen LogP contribution in [-0.2, 0) is 4.74 Å². The third-order valence-electron chi connectivity index (χ3n) is 1.92. The van der Waals surface area contributed by atoms with Gasteiger partial charge in [-0.2, -0.15) is 0 Å². The maximum absolute atomic E-state index is 5.39. The SMILES string of the molecule is CCSC1=C(CC)CCOC1. The Balaban J connectivity index is 2.57. The second-order valence-electron chi connectivity index (χ2n) is 2.62. The minimum atomic E-state index is 0.863. The average molecular weight is 172 g/mol. The van der Waals surface area contributed by atoms with Crippen molar-refractivity contribution in [2.24, 2.45) is 0 Å². The van der Waals surface area contributed by atoms with E-state index in [0.29, 0.717) is 0 Å². The summed E-state index contributed by atoms with van der Waals surface area (Å²) in [5.74, 6) is 1.17. The lowest BCUT2D eigenvalue weighted by Gasteiger charge is -2.18. The molecular formula is C9H16OS. The first-order valence-corrected chi connectivity index (χ1v) is 5.28. The molecule has 0 radical (unpaired) electrons. The van der Waals surface area contributed by atoms with E-state index >= 15 is 0 Å². The molecule has 0 fully saturated rings. The molecule has 0 aromatic carbocycles. The molecule has 1 nitrogen and oxygen atoms in total. The highest BCUT2D eigenvalue weighted by Gasteiger charge is 2.10. The minimum absolute atomic E-state index is 0.863. The predicted molar refractivity (Wildman–Crippen MR) is 50.9 cm³/mol. The second kappa shape index (κ2) is 4.83. The molecule has 0 amide bonds. The maximum Gasteiger partial charge on any atom is 0.0775 e. The third-order valence-corrected chi connectivity index (χ3v) is 2.96. The van der Waals surface area contributed by atoms with Crippen molar-refractivity contribution in [3.8, 4) is 0 Å². The van der Waals surface area contributed by atoms with Crippen molar-refractivity contribution in [1.82, 2.24) is 0 Å². The van der Waals surface area contributed by atoms with E-state index in [1.165, 1.54) is 17.1 Å². The molecule has 64 valence electrons. The Morgan fingerprint density at radius 2 is 2.27 bits per heavy atom. The number of thioether (sulfide) groups is 1. The third kappa shape index (κ3) is 2.53. The molecule has 1 heterocycles. The highest BCUT2D eigenvalue weighted by molar-refractivity contribution is 8.03. The Bertz CT molecular complexity index is 152. The highest BCUT2D eigenvalue weighted by Crippen LogP contribution is 2.27. The highest BCUT2D eigenvalue weighted by atomic mass is 32.2. The average Bonchev–Trinajstić information content (AvgIpc) is 2.06. The number of hydrogen-bond donors (Lipinski definition) is 0. The summed E-state index contributed by atoms with van der Waals surface area (Å²) in [6, 6.07) is 0. The Kier molecular flexibility index (Phi) is 4.02. The lowest BCUT2D eigenvalue weighted by atomic mass is 10.1. The van der Waals surface area contributed by atoms with Gasteiger partial charge >= 0.3 is 0 Å². The quantitative estimate of drug-likeness (QED) is 0.647. The molecule has 0 aliphatic carbocycles. The molecule has 1 rings (SSSR count). The Labute approximate surface area is 73.2 Å². The molecule has 0 aromatic rings. The van der Waals surface area contributed by atoms with Gasteiger partial charge in [0.25, 0.3) is 0 Å². The first-order valence-electron chi connectivity index (χ1n) is 4.30. The van der Waals surface area contributed by atoms with Crippen LogP contribution >= 0.6 is 11.8 Å². The van der Waals surface area contributed by atoms with Crippen molar-refractivity contribution < 1.29 is 4.74 Å². The molecule has 0 spiro atoms. The topological polar surface area (TPSA) is 9.23 Å². The molecule has 1 aliphatic heterocycles. The summed E-state index contributed by atoms with van der Waals surface area (Å²) >= 11 is 1.94. The molecule has 1 aliphatic rings. The molecule has 0 atom stereocenters. The Hall–Kier alpha value is 0.0500. The predicted octanol–water partition coefficient (Wildman–Crippen LogP) is 2.82. The second-order valence-corrected chi connectivity index (χ2v) is 3.97. The van der Waals surface area contributed by atoms with Crippen molar-refractivity contribution in [3.05, 3.63) is 10.5 Å². The van der Waals surface area contributed by atoms with Crippen LogP contribution in [0.4, 0.5) is 0 Å². The van der Waals surface area contributed by atoms with Gasteiger partial charge in [-0.15, -0.1) is 11.8 Å². The van der Waals surface area contributed by atoms with Crippen LogP contribution in [0.3, 0.4) is 0 Å². The number of ether oxygens (including phenoxy) is 1. The standard InChI is InChI=1S/C9H16OS/c1-3-8-5-6-10-7-9(8)11-4-2/h3-7H2,1-2H3. The minimum Gasteiger partial charge on any atom is -0.376 e. The molecular weight excluding hydrogens is 156 g/mol. The Morgan fingerprint density at radius 1 is 1.45 bits per heavy atom. The fourth-order valence-corrected chi connectivity index (χ4v) is 2.26. The van der Waals surface area contributed by atoms with E-state index in [2.05, 4.69) is 13.8 Å². The van der Waals surface area contributed by atoms with Crippen molar-refractivity contribution >= 4 is 11.8 Å². The first-order chi connectivity index (χ1) is 5.38. The van der Waals surface area contributed by atoms with Gasteiger partial charge in [0.05, 0.1) is 13.2 Å². The van der Waals surface area contributed by atoms with E-state index < -0.39 is 0 Å². The summed E-state index contributed by atoms with van der Waals surface area (Å²) in [5.41, 5.74) is 1.61. The van der Waals surface area contributed by atoms with Crippen LogP contribution in [0.25, 0.3) is 0 Å².